The minimum atomic E-state index is -0.374. The number of nitrogens with one attached hydrogen (secondary N) is 2. The summed E-state index contributed by atoms with van der Waals surface area (Å²) in [5.41, 5.74) is 2.21. The maximum absolute atomic E-state index is 12.7. The van der Waals surface area contributed by atoms with Crippen LogP contribution >= 0.6 is 0 Å². The highest BCUT2D eigenvalue weighted by molar-refractivity contribution is 6.06. The average molecular weight is 377 g/mol. The third kappa shape index (κ3) is 4.65. The monoisotopic (exact) mass is 377 g/mol. The maximum Gasteiger partial charge on any atom is 0.270 e. The van der Waals surface area contributed by atoms with Crippen molar-refractivity contribution in [2.45, 2.75) is 32.7 Å². The van der Waals surface area contributed by atoms with Crippen molar-refractivity contribution in [3.63, 3.8) is 0 Å². The topological polar surface area (TPSA) is 84.2 Å². The summed E-state index contributed by atoms with van der Waals surface area (Å²) in [4.78, 5) is 29.1. The molecule has 0 unspecified atom stereocenters. The van der Waals surface area contributed by atoms with Crippen molar-refractivity contribution >= 4 is 17.5 Å². The van der Waals surface area contributed by atoms with Gasteiger partial charge in [0.1, 0.15) is 11.5 Å². The number of amides is 2. The third-order valence-electron chi connectivity index (χ3n) is 4.24. The Labute approximate surface area is 164 Å². The number of carbonyl (C=O) groups is 2. The minimum absolute atomic E-state index is 0.112. The van der Waals surface area contributed by atoms with Gasteiger partial charge in [-0.15, -0.1) is 0 Å². The highest BCUT2D eigenvalue weighted by atomic mass is 16.3. The molecule has 0 atom stereocenters. The van der Waals surface area contributed by atoms with Gasteiger partial charge in [-0.1, -0.05) is 39.0 Å². The van der Waals surface area contributed by atoms with Crippen LogP contribution in [0, 0.1) is 0 Å². The van der Waals surface area contributed by atoms with Gasteiger partial charge >= 0.3 is 0 Å². The summed E-state index contributed by atoms with van der Waals surface area (Å²) in [5, 5.41) is 5.66. The van der Waals surface area contributed by atoms with Crippen molar-refractivity contribution in [3.05, 3.63) is 83.6 Å². The van der Waals surface area contributed by atoms with Gasteiger partial charge in [0.05, 0.1) is 12.8 Å². The summed E-state index contributed by atoms with van der Waals surface area (Å²) in [5.74, 6) is -0.0265. The molecule has 1 aromatic carbocycles. The molecule has 0 saturated carbocycles. The maximum atomic E-state index is 12.7. The molecule has 6 heteroatoms. The number of hydrogen-bond acceptors (Lipinski definition) is 4. The van der Waals surface area contributed by atoms with Crippen molar-refractivity contribution < 1.29 is 14.0 Å². The predicted octanol–water partition coefficient (Wildman–Crippen LogP) is 4.15. The SMILES string of the molecule is CC(C)(C)c1ccccc1NC(=O)c1ccnc(C(=O)NCc2ccco2)c1. The minimum Gasteiger partial charge on any atom is -0.467 e. The quantitative estimate of drug-likeness (QED) is 0.699. The smallest absolute Gasteiger partial charge is 0.270 e. The molecular weight excluding hydrogens is 354 g/mol. The molecule has 0 radical (unpaired) electrons. The molecule has 144 valence electrons. The number of nitrogens with zero attached hydrogens (tertiary/aromatic N) is 1. The number of furan rings is 1. The van der Waals surface area contributed by atoms with Gasteiger partial charge in [0.25, 0.3) is 11.8 Å². The lowest BCUT2D eigenvalue weighted by molar-refractivity contribution is 0.0943. The Morgan fingerprint density at radius 2 is 1.82 bits per heavy atom. The lowest BCUT2D eigenvalue weighted by atomic mass is 9.86. The highest BCUT2D eigenvalue weighted by Crippen LogP contribution is 2.29. The summed E-state index contributed by atoms with van der Waals surface area (Å²) in [6.07, 6.45) is 2.99. The Bertz CT molecular complexity index is 973. The molecule has 0 saturated heterocycles. The molecule has 6 nitrogen and oxygen atoms in total. The van der Waals surface area contributed by atoms with E-state index in [2.05, 4.69) is 36.4 Å². The second-order valence-electron chi connectivity index (χ2n) is 7.44. The van der Waals surface area contributed by atoms with E-state index in [0.29, 0.717) is 11.3 Å². The summed E-state index contributed by atoms with van der Waals surface area (Å²) in [6.45, 7) is 6.52. The van der Waals surface area contributed by atoms with Crippen LogP contribution in [0.1, 0.15) is 52.9 Å². The van der Waals surface area contributed by atoms with Gasteiger partial charge in [-0.2, -0.15) is 0 Å². The zero-order chi connectivity index (χ0) is 20.1. The molecule has 0 aliphatic rings. The molecule has 28 heavy (non-hydrogen) atoms. The molecule has 2 amide bonds. The van der Waals surface area contributed by atoms with E-state index < -0.39 is 0 Å². The Kier molecular flexibility index (Phi) is 5.59. The van der Waals surface area contributed by atoms with Gasteiger partial charge in [0.2, 0.25) is 0 Å². The summed E-state index contributed by atoms with van der Waals surface area (Å²) in [6, 6.07) is 14.3. The summed E-state index contributed by atoms with van der Waals surface area (Å²) < 4.78 is 5.19. The van der Waals surface area contributed by atoms with Crippen LogP contribution in [0.4, 0.5) is 5.69 Å². The highest BCUT2D eigenvalue weighted by Gasteiger charge is 2.19. The number of rotatable bonds is 5. The molecular formula is C22H23N3O3. The Morgan fingerprint density at radius 1 is 1.04 bits per heavy atom. The van der Waals surface area contributed by atoms with Gasteiger partial charge in [0.15, 0.2) is 0 Å². The van der Waals surface area contributed by atoms with Crippen LogP contribution in [-0.4, -0.2) is 16.8 Å². The molecule has 0 spiro atoms. The van der Waals surface area contributed by atoms with E-state index in [9.17, 15) is 9.59 Å². The van der Waals surface area contributed by atoms with E-state index in [1.807, 2.05) is 24.3 Å². The van der Waals surface area contributed by atoms with Crippen LogP contribution in [0.2, 0.25) is 0 Å². The largest absolute Gasteiger partial charge is 0.467 e. The van der Waals surface area contributed by atoms with E-state index in [-0.39, 0.29) is 29.5 Å². The number of carbonyl (C=O) groups excluding carboxylic acids is 2. The van der Waals surface area contributed by atoms with Gasteiger partial charge in [-0.3, -0.25) is 14.6 Å². The molecule has 0 fully saturated rings. The lowest BCUT2D eigenvalue weighted by Gasteiger charge is -2.23. The van der Waals surface area contributed by atoms with E-state index >= 15 is 0 Å². The fourth-order valence-corrected chi connectivity index (χ4v) is 2.81. The van der Waals surface area contributed by atoms with Gasteiger partial charge in [-0.25, -0.2) is 0 Å². The van der Waals surface area contributed by atoms with E-state index in [1.165, 1.54) is 12.3 Å². The predicted molar refractivity (Wildman–Crippen MR) is 107 cm³/mol. The van der Waals surface area contributed by atoms with Crippen LogP contribution in [0.3, 0.4) is 0 Å². The normalized spacial score (nSPS) is 11.1. The van der Waals surface area contributed by atoms with Crippen LogP contribution in [0.5, 0.6) is 0 Å². The molecule has 2 aromatic heterocycles. The van der Waals surface area contributed by atoms with Gasteiger partial charge < -0.3 is 15.1 Å². The molecule has 3 aromatic rings. The first kappa shape index (κ1) is 19.4. The first-order valence-corrected chi connectivity index (χ1v) is 9.02. The Balaban J connectivity index is 1.73. The second-order valence-corrected chi connectivity index (χ2v) is 7.44. The molecule has 0 aliphatic heterocycles. The average Bonchev–Trinajstić information content (AvgIpc) is 3.19. The number of pyridine rings is 1. The Morgan fingerprint density at radius 3 is 2.54 bits per heavy atom. The number of para-hydroxylation sites is 1. The van der Waals surface area contributed by atoms with Crippen LogP contribution in [0.15, 0.2) is 65.4 Å². The standard InChI is InChI=1S/C22H23N3O3/c1-22(2,3)17-8-4-5-9-18(17)25-20(26)15-10-11-23-19(13-15)21(27)24-14-16-7-6-12-28-16/h4-13H,14H2,1-3H3,(H,24,27)(H,25,26). The number of anilines is 1. The second kappa shape index (κ2) is 8.08. The van der Waals surface area contributed by atoms with Crippen LogP contribution in [-0.2, 0) is 12.0 Å². The van der Waals surface area contributed by atoms with Crippen molar-refractivity contribution in [2.24, 2.45) is 0 Å². The van der Waals surface area contributed by atoms with Crippen molar-refractivity contribution in [1.82, 2.24) is 10.3 Å². The molecule has 2 heterocycles. The summed E-state index contributed by atoms with van der Waals surface area (Å²) in [7, 11) is 0. The van der Waals surface area contributed by atoms with Crippen LogP contribution in [0.25, 0.3) is 0 Å². The molecule has 0 bridgehead atoms. The fraction of sp³-hybridized carbons (Fsp3) is 0.227. The zero-order valence-corrected chi connectivity index (χ0v) is 16.2. The first-order chi connectivity index (χ1) is 13.3. The third-order valence-corrected chi connectivity index (χ3v) is 4.24. The fourth-order valence-electron chi connectivity index (χ4n) is 2.81. The van der Waals surface area contributed by atoms with E-state index in [1.54, 1.807) is 24.5 Å². The van der Waals surface area contributed by atoms with E-state index in [0.717, 1.165) is 11.3 Å². The molecule has 3 rings (SSSR count). The van der Waals surface area contributed by atoms with Crippen molar-refractivity contribution in [3.8, 4) is 0 Å². The molecule has 0 aliphatic carbocycles. The zero-order valence-electron chi connectivity index (χ0n) is 16.2. The van der Waals surface area contributed by atoms with Crippen molar-refractivity contribution in [1.29, 1.82) is 0 Å². The number of aromatic nitrogens is 1. The van der Waals surface area contributed by atoms with Crippen molar-refractivity contribution in [2.75, 3.05) is 5.32 Å². The van der Waals surface area contributed by atoms with Gasteiger partial charge in [-0.05, 0) is 41.3 Å². The lowest BCUT2D eigenvalue weighted by Crippen LogP contribution is -2.24. The summed E-state index contributed by atoms with van der Waals surface area (Å²) >= 11 is 0. The van der Waals surface area contributed by atoms with E-state index in [4.69, 9.17) is 4.42 Å². The number of benzene rings is 1. The molecule has 2 N–H and O–H groups in total. The van der Waals surface area contributed by atoms with Crippen LogP contribution < -0.4 is 10.6 Å². The Hall–Kier alpha value is -3.41. The number of hydrogen-bond donors (Lipinski definition) is 2. The first-order valence-electron chi connectivity index (χ1n) is 9.02. The van der Waals surface area contributed by atoms with Gasteiger partial charge in [0, 0.05) is 17.4 Å².